The van der Waals surface area contributed by atoms with Crippen LogP contribution < -0.4 is 10.6 Å². The SMILES string of the molecule is CCc1ccc(-n2c(SCC(=O)Nc3ccc(C(=O)Nc4nc5cc(Cl)ccc5n4CCCc4ccccc4)cc3)nnc2-c2ccncc2)cc1. The van der Waals surface area contributed by atoms with Crippen molar-refractivity contribution in [3.63, 3.8) is 0 Å². The van der Waals surface area contributed by atoms with E-state index in [0.29, 0.717) is 45.3 Å². The number of carbonyl (C=O) groups is 2. The molecule has 4 aromatic carbocycles. The Bertz CT molecular complexity index is 2310. The molecule has 0 spiro atoms. The van der Waals surface area contributed by atoms with Crippen molar-refractivity contribution in [1.29, 1.82) is 0 Å². The Balaban J connectivity index is 1.00. The number of aromatic nitrogens is 6. The minimum atomic E-state index is -0.310. The summed E-state index contributed by atoms with van der Waals surface area (Å²) in [5.41, 5.74) is 6.84. The molecular weight excluding hydrogens is 692 g/mol. The second kappa shape index (κ2) is 16.1. The molecule has 3 heterocycles. The van der Waals surface area contributed by atoms with Gasteiger partial charge in [-0.25, -0.2) is 4.98 Å². The number of hydrogen-bond donors (Lipinski definition) is 2. The topological polar surface area (TPSA) is 120 Å². The third kappa shape index (κ3) is 8.06. The number of imidazole rings is 1. The van der Waals surface area contributed by atoms with Crippen molar-refractivity contribution in [1.82, 2.24) is 29.3 Å². The largest absolute Gasteiger partial charge is 0.325 e. The van der Waals surface area contributed by atoms with Crippen molar-refractivity contribution < 1.29 is 9.59 Å². The van der Waals surface area contributed by atoms with Gasteiger partial charge in [-0.3, -0.25) is 24.5 Å². The van der Waals surface area contributed by atoms with Crippen molar-refractivity contribution >= 4 is 57.8 Å². The molecule has 0 bridgehead atoms. The lowest BCUT2D eigenvalue weighted by Crippen LogP contribution is -2.17. The molecule has 7 rings (SSSR count). The zero-order valence-corrected chi connectivity index (χ0v) is 29.9. The number of thioether (sulfide) groups is 1. The lowest BCUT2D eigenvalue weighted by atomic mass is 10.1. The fourth-order valence-electron chi connectivity index (χ4n) is 5.88. The molecule has 0 fully saturated rings. The number of rotatable bonds is 13. The maximum Gasteiger partial charge on any atom is 0.257 e. The molecule has 0 unspecified atom stereocenters. The van der Waals surface area contributed by atoms with Gasteiger partial charge in [0.15, 0.2) is 11.0 Å². The Morgan fingerprint density at radius 3 is 2.35 bits per heavy atom. The van der Waals surface area contributed by atoms with Crippen LogP contribution >= 0.6 is 23.4 Å². The van der Waals surface area contributed by atoms with Gasteiger partial charge >= 0.3 is 0 Å². The molecule has 260 valence electrons. The summed E-state index contributed by atoms with van der Waals surface area (Å²) in [5, 5.41) is 16.0. The molecule has 0 aliphatic heterocycles. The highest BCUT2D eigenvalue weighted by Gasteiger charge is 2.19. The highest BCUT2D eigenvalue weighted by Crippen LogP contribution is 2.29. The van der Waals surface area contributed by atoms with Crippen LogP contribution in [-0.2, 0) is 24.2 Å². The number of aryl methyl sites for hydroxylation is 3. The maximum atomic E-state index is 13.4. The Hall–Kier alpha value is -5.78. The summed E-state index contributed by atoms with van der Waals surface area (Å²) in [7, 11) is 0. The van der Waals surface area contributed by atoms with Crippen LogP contribution in [0, 0.1) is 0 Å². The molecule has 3 aromatic heterocycles. The number of benzene rings is 4. The first-order valence-corrected chi connectivity index (χ1v) is 18.3. The van der Waals surface area contributed by atoms with Crippen molar-refractivity contribution in [2.24, 2.45) is 0 Å². The van der Waals surface area contributed by atoms with E-state index >= 15 is 0 Å². The number of hydrogen-bond acceptors (Lipinski definition) is 7. The van der Waals surface area contributed by atoms with Crippen molar-refractivity contribution in [3.8, 4) is 17.1 Å². The molecule has 0 radical (unpaired) electrons. The Kier molecular flexibility index (Phi) is 10.7. The Morgan fingerprint density at radius 1 is 0.827 bits per heavy atom. The quantitative estimate of drug-likeness (QED) is 0.114. The number of halogens is 1. The lowest BCUT2D eigenvalue weighted by molar-refractivity contribution is -0.113. The van der Waals surface area contributed by atoms with Crippen LogP contribution in [0.5, 0.6) is 0 Å². The predicted molar refractivity (Wildman–Crippen MR) is 207 cm³/mol. The number of nitrogens with zero attached hydrogens (tertiary/aromatic N) is 6. The molecule has 7 aromatic rings. The van der Waals surface area contributed by atoms with E-state index in [1.807, 2.05) is 63.7 Å². The smallest absolute Gasteiger partial charge is 0.257 e. The van der Waals surface area contributed by atoms with E-state index in [9.17, 15) is 9.59 Å². The first-order chi connectivity index (χ1) is 25.4. The third-order valence-electron chi connectivity index (χ3n) is 8.56. The second-order valence-electron chi connectivity index (χ2n) is 12.1. The van der Waals surface area contributed by atoms with Gasteiger partial charge in [-0.1, -0.05) is 72.8 Å². The molecule has 0 atom stereocenters. The van der Waals surface area contributed by atoms with E-state index in [-0.39, 0.29) is 17.6 Å². The number of pyridine rings is 1. The van der Waals surface area contributed by atoms with Crippen LogP contribution in [0.2, 0.25) is 5.02 Å². The van der Waals surface area contributed by atoms with E-state index in [1.165, 1.54) is 22.9 Å². The fraction of sp³-hybridized carbons (Fsp3) is 0.150. The molecule has 10 nitrogen and oxygen atoms in total. The van der Waals surface area contributed by atoms with Gasteiger partial charge in [-0.15, -0.1) is 10.2 Å². The number of carbonyl (C=O) groups excluding carboxylic acids is 2. The van der Waals surface area contributed by atoms with E-state index in [4.69, 9.17) is 16.6 Å². The lowest BCUT2D eigenvalue weighted by Gasteiger charge is -2.12. The minimum absolute atomic E-state index is 0.105. The number of nitrogens with one attached hydrogen (secondary N) is 2. The molecule has 0 saturated heterocycles. The molecule has 2 N–H and O–H groups in total. The minimum Gasteiger partial charge on any atom is -0.325 e. The number of fused-ring (bicyclic) bond motifs is 1. The normalized spacial score (nSPS) is 11.1. The highest BCUT2D eigenvalue weighted by atomic mass is 35.5. The van der Waals surface area contributed by atoms with Gasteiger partial charge in [0.05, 0.1) is 16.8 Å². The fourth-order valence-corrected chi connectivity index (χ4v) is 6.80. The van der Waals surface area contributed by atoms with Gasteiger partial charge in [0.1, 0.15) is 0 Å². The first kappa shape index (κ1) is 34.7. The van der Waals surface area contributed by atoms with Crippen LogP contribution in [-0.4, -0.2) is 46.9 Å². The first-order valence-electron chi connectivity index (χ1n) is 16.9. The van der Waals surface area contributed by atoms with Crippen molar-refractivity contribution in [3.05, 3.63) is 143 Å². The number of amides is 2. The summed E-state index contributed by atoms with van der Waals surface area (Å²) < 4.78 is 3.96. The summed E-state index contributed by atoms with van der Waals surface area (Å²) in [4.78, 5) is 35.3. The van der Waals surface area contributed by atoms with E-state index in [2.05, 4.69) is 57.0 Å². The van der Waals surface area contributed by atoms with Gasteiger partial charge in [-0.05, 0) is 97.1 Å². The molecule has 52 heavy (non-hydrogen) atoms. The summed E-state index contributed by atoms with van der Waals surface area (Å²) >= 11 is 7.55. The van der Waals surface area contributed by atoms with Gasteiger partial charge < -0.3 is 9.88 Å². The van der Waals surface area contributed by atoms with Gasteiger partial charge in [0.2, 0.25) is 11.9 Å². The molecule has 0 saturated carbocycles. The number of anilines is 2. The third-order valence-corrected chi connectivity index (χ3v) is 9.73. The Labute approximate surface area is 310 Å². The predicted octanol–water partition coefficient (Wildman–Crippen LogP) is 8.51. The maximum absolute atomic E-state index is 13.4. The molecular formula is C40H35ClN8O2S. The van der Waals surface area contributed by atoms with Crippen LogP contribution in [0.25, 0.3) is 28.1 Å². The van der Waals surface area contributed by atoms with Gasteiger partial charge in [0, 0.05) is 46.5 Å². The van der Waals surface area contributed by atoms with E-state index in [1.54, 1.807) is 42.7 Å². The molecule has 0 aliphatic rings. The molecule has 2 amide bonds. The van der Waals surface area contributed by atoms with Crippen LogP contribution in [0.1, 0.15) is 34.8 Å². The van der Waals surface area contributed by atoms with Crippen molar-refractivity contribution in [2.75, 3.05) is 16.4 Å². The van der Waals surface area contributed by atoms with E-state index in [0.717, 1.165) is 36.0 Å². The van der Waals surface area contributed by atoms with Gasteiger partial charge in [0.25, 0.3) is 5.91 Å². The summed E-state index contributed by atoms with van der Waals surface area (Å²) in [6.45, 7) is 2.78. The average Bonchev–Trinajstić information content (AvgIpc) is 3.75. The van der Waals surface area contributed by atoms with Crippen LogP contribution in [0.15, 0.2) is 127 Å². The zero-order chi connectivity index (χ0) is 35.9. The summed E-state index contributed by atoms with van der Waals surface area (Å²) in [6, 6.07) is 34.6. The van der Waals surface area contributed by atoms with Crippen molar-refractivity contribution in [2.45, 2.75) is 37.9 Å². The van der Waals surface area contributed by atoms with Gasteiger partial charge in [-0.2, -0.15) is 0 Å². The highest BCUT2D eigenvalue weighted by molar-refractivity contribution is 7.99. The summed E-state index contributed by atoms with van der Waals surface area (Å²) in [6.07, 6.45) is 6.12. The zero-order valence-electron chi connectivity index (χ0n) is 28.4. The van der Waals surface area contributed by atoms with Crippen LogP contribution in [0.3, 0.4) is 0 Å². The monoisotopic (exact) mass is 726 g/mol. The second-order valence-corrected chi connectivity index (χ2v) is 13.5. The van der Waals surface area contributed by atoms with Crippen LogP contribution in [0.4, 0.5) is 11.6 Å². The molecule has 12 heteroatoms. The average molecular weight is 727 g/mol. The van der Waals surface area contributed by atoms with E-state index < -0.39 is 0 Å². The standard InChI is InChI=1S/C40H35ClN8O2S/c1-2-27-10-17-33(18-11-27)49-37(29-20-22-42-23-21-29)46-47-40(49)52-26-36(50)43-32-15-12-30(13-16-32)38(51)45-39-44-34-25-31(41)14-19-35(34)48(39)24-6-9-28-7-4-3-5-8-28/h3-5,7-8,10-23,25H,2,6,9,24,26H2,1H3,(H,43,50)(H,44,45,51). The Morgan fingerprint density at radius 2 is 1.60 bits per heavy atom. The summed E-state index contributed by atoms with van der Waals surface area (Å²) in [5.74, 6) is 0.691. The molecule has 0 aliphatic carbocycles.